The topological polar surface area (TPSA) is 126 Å². The highest BCUT2D eigenvalue weighted by Gasteiger charge is 2.64. The van der Waals surface area contributed by atoms with Gasteiger partial charge < -0.3 is 18.6 Å². The van der Waals surface area contributed by atoms with Crippen LogP contribution < -0.4 is 11.2 Å². The molecular weight excluding hydrogens is 556 g/mol. The van der Waals surface area contributed by atoms with Gasteiger partial charge in [0.15, 0.2) is 26.3 Å². The number of rotatable bonds is 8. The van der Waals surface area contributed by atoms with Crippen molar-refractivity contribution in [1.29, 1.82) is 0 Å². The van der Waals surface area contributed by atoms with Crippen molar-refractivity contribution in [3.8, 4) is 0 Å². The fraction of sp³-hybridized carbons (Fsp3) is 0.419. The molecule has 224 valence electrons. The molecular formula is C31H38N2O8Si. The third-order valence-corrected chi connectivity index (χ3v) is 12.6. The number of hydrogen-bond donors (Lipinski definition) is 1. The van der Waals surface area contributed by atoms with Crippen molar-refractivity contribution in [3.63, 3.8) is 0 Å². The summed E-state index contributed by atoms with van der Waals surface area (Å²) in [5.41, 5.74) is -3.94. The lowest BCUT2D eigenvalue weighted by molar-refractivity contribution is -0.173. The number of aromatic nitrogens is 2. The summed E-state index contributed by atoms with van der Waals surface area (Å²) in [4.78, 5) is 54.1. The standard InChI is InChI=1S/C31H38N2O8Si/c1-29(2,3)42(6,7)38-20-30(4)24(39-26(35)21-14-10-8-11-15-21)25(40-27(36)22-16-12-9-13-17-22)31(5,41-30)33-19-18-23(34)32-28(33)37/h8-19,24-25H,20H2,1-7H3,(H,32,34,37)/t24-,25+,30+,31+/m0/s1. The number of ether oxygens (including phenoxy) is 3. The molecule has 0 bridgehead atoms. The number of nitrogens with one attached hydrogen (secondary N) is 1. The smallest absolute Gasteiger partial charge is 0.338 e. The Labute approximate surface area is 245 Å². The van der Waals surface area contributed by atoms with Gasteiger partial charge in [-0.3, -0.25) is 14.3 Å². The monoisotopic (exact) mass is 594 g/mol. The molecule has 0 aliphatic carbocycles. The van der Waals surface area contributed by atoms with Crippen molar-refractivity contribution in [3.05, 3.63) is 105 Å². The second-order valence-electron chi connectivity index (χ2n) is 12.4. The minimum Gasteiger partial charge on any atom is -0.451 e. The molecule has 1 N–H and O–H groups in total. The predicted octanol–water partition coefficient (Wildman–Crippen LogP) is 4.47. The first-order valence-electron chi connectivity index (χ1n) is 13.8. The van der Waals surface area contributed by atoms with E-state index in [9.17, 15) is 19.2 Å². The molecule has 1 fully saturated rings. The molecule has 0 radical (unpaired) electrons. The molecule has 0 amide bonds. The molecule has 3 aromatic rings. The maximum absolute atomic E-state index is 13.4. The van der Waals surface area contributed by atoms with Gasteiger partial charge in [-0.05, 0) is 56.2 Å². The van der Waals surface area contributed by atoms with Gasteiger partial charge in [0.05, 0.1) is 17.7 Å². The molecule has 0 unspecified atom stereocenters. The SMILES string of the molecule is CC(C)(C)[Si](C)(C)OC[C@@]1(C)O[C@@](C)(n2ccc(=O)[nH]c2=O)[C@H](OC(=O)c2ccccc2)[C@@H]1OC(=O)c1ccccc1. The van der Waals surface area contributed by atoms with E-state index in [1.165, 1.54) is 12.3 Å². The van der Waals surface area contributed by atoms with Crippen LogP contribution >= 0.6 is 0 Å². The Morgan fingerprint density at radius 2 is 1.38 bits per heavy atom. The fourth-order valence-electron chi connectivity index (χ4n) is 4.67. The summed E-state index contributed by atoms with van der Waals surface area (Å²) in [7, 11) is -2.35. The van der Waals surface area contributed by atoms with Gasteiger partial charge in [0, 0.05) is 12.3 Å². The lowest BCUT2D eigenvalue weighted by atomic mass is 9.95. The predicted molar refractivity (Wildman–Crippen MR) is 159 cm³/mol. The summed E-state index contributed by atoms with van der Waals surface area (Å²) in [6, 6.07) is 17.9. The second-order valence-corrected chi connectivity index (χ2v) is 17.2. The third kappa shape index (κ3) is 6.18. The Morgan fingerprint density at radius 1 is 0.881 bits per heavy atom. The second kappa shape index (κ2) is 11.5. The lowest BCUT2D eigenvalue weighted by Gasteiger charge is -2.40. The maximum Gasteiger partial charge on any atom is 0.338 e. The average molecular weight is 595 g/mol. The van der Waals surface area contributed by atoms with Gasteiger partial charge in [0.25, 0.3) is 5.56 Å². The normalized spacial score (nSPS) is 24.3. The zero-order chi connectivity index (χ0) is 30.9. The number of nitrogens with zero attached hydrogens (tertiary/aromatic N) is 1. The zero-order valence-electron chi connectivity index (χ0n) is 25.0. The van der Waals surface area contributed by atoms with Crippen LogP contribution in [0.1, 0.15) is 55.3 Å². The molecule has 42 heavy (non-hydrogen) atoms. The van der Waals surface area contributed by atoms with E-state index < -0.39 is 55.0 Å². The molecule has 11 heteroatoms. The molecule has 0 spiro atoms. The van der Waals surface area contributed by atoms with Crippen molar-refractivity contribution < 1.29 is 28.2 Å². The Kier molecular flexibility index (Phi) is 8.50. The number of hydrogen-bond acceptors (Lipinski definition) is 8. The van der Waals surface area contributed by atoms with E-state index in [1.54, 1.807) is 74.5 Å². The van der Waals surface area contributed by atoms with E-state index in [0.29, 0.717) is 0 Å². The summed E-state index contributed by atoms with van der Waals surface area (Å²) in [6.07, 6.45) is -1.28. The zero-order valence-corrected chi connectivity index (χ0v) is 26.0. The van der Waals surface area contributed by atoms with Crippen LogP contribution in [-0.4, -0.2) is 54.2 Å². The Balaban J connectivity index is 1.85. The van der Waals surface area contributed by atoms with E-state index in [0.717, 1.165) is 4.57 Å². The minimum absolute atomic E-state index is 0.0245. The lowest BCUT2D eigenvalue weighted by Crippen LogP contribution is -2.53. The number of aromatic amines is 1. The van der Waals surface area contributed by atoms with Crippen LogP contribution in [0.15, 0.2) is 82.5 Å². The van der Waals surface area contributed by atoms with Crippen LogP contribution in [0.5, 0.6) is 0 Å². The van der Waals surface area contributed by atoms with Gasteiger partial charge in [0.1, 0.15) is 5.60 Å². The molecule has 10 nitrogen and oxygen atoms in total. The molecule has 1 aliphatic heterocycles. The largest absolute Gasteiger partial charge is 0.451 e. The summed E-state index contributed by atoms with van der Waals surface area (Å²) in [5.74, 6) is -1.37. The summed E-state index contributed by atoms with van der Waals surface area (Å²) < 4.78 is 26.5. The van der Waals surface area contributed by atoms with Gasteiger partial charge in [-0.15, -0.1) is 0 Å². The van der Waals surface area contributed by atoms with Crippen LogP contribution in [0.2, 0.25) is 18.1 Å². The van der Waals surface area contributed by atoms with Crippen molar-refractivity contribution in [2.75, 3.05) is 6.61 Å². The average Bonchev–Trinajstić information content (AvgIpc) is 3.14. The summed E-state index contributed by atoms with van der Waals surface area (Å²) >= 11 is 0. The van der Waals surface area contributed by atoms with Crippen molar-refractivity contribution >= 4 is 20.3 Å². The molecule has 4 atom stereocenters. The van der Waals surface area contributed by atoms with Gasteiger partial charge in [-0.2, -0.15) is 0 Å². The third-order valence-electron chi connectivity index (χ3n) is 8.16. The summed E-state index contributed by atoms with van der Waals surface area (Å²) in [5, 5.41) is -0.142. The van der Waals surface area contributed by atoms with Gasteiger partial charge >= 0.3 is 17.6 Å². The number of benzene rings is 2. The van der Waals surface area contributed by atoms with E-state index >= 15 is 0 Å². The Bertz CT molecular complexity index is 1550. The maximum atomic E-state index is 13.4. The first kappa shape index (κ1) is 31.1. The molecule has 2 heterocycles. The van der Waals surface area contributed by atoms with Crippen LogP contribution in [-0.2, 0) is 24.4 Å². The molecule has 0 saturated carbocycles. The fourth-order valence-corrected chi connectivity index (χ4v) is 5.75. The van der Waals surface area contributed by atoms with E-state index in [2.05, 4.69) is 38.8 Å². The number of esters is 2. The number of H-pyrrole nitrogens is 1. The van der Waals surface area contributed by atoms with Crippen molar-refractivity contribution in [2.45, 2.75) is 76.3 Å². The van der Waals surface area contributed by atoms with E-state index in [4.69, 9.17) is 18.6 Å². The van der Waals surface area contributed by atoms with Crippen LogP contribution in [0.4, 0.5) is 0 Å². The van der Waals surface area contributed by atoms with Gasteiger partial charge in [-0.25, -0.2) is 14.4 Å². The highest BCUT2D eigenvalue weighted by Crippen LogP contribution is 2.46. The van der Waals surface area contributed by atoms with E-state index in [-0.39, 0.29) is 22.8 Å². The molecule has 2 aromatic carbocycles. The van der Waals surface area contributed by atoms with Gasteiger partial charge in [-0.1, -0.05) is 57.2 Å². The molecule has 1 aliphatic rings. The quantitative estimate of drug-likeness (QED) is 0.299. The first-order chi connectivity index (χ1) is 19.6. The Morgan fingerprint density at radius 3 is 1.86 bits per heavy atom. The van der Waals surface area contributed by atoms with Crippen LogP contribution in [0.3, 0.4) is 0 Å². The molecule has 4 rings (SSSR count). The van der Waals surface area contributed by atoms with Crippen molar-refractivity contribution in [2.24, 2.45) is 0 Å². The first-order valence-corrected chi connectivity index (χ1v) is 16.7. The van der Waals surface area contributed by atoms with E-state index in [1.807, 2.05) is 0 Å². The highest BCUT2D eigenvalue weighted by molar-refractivity contribution is 6.74. The van der Waals surface area contributed by atoms with Crippen molar-refractivity contribution in [1.82, 2.24) is 9.55 Å². The highest BCUT2D eigenvalue weighted by atomic mass is 28.4. The molecule has 1 aromatic heterocycles. The minimum atomic E-state index is -2.35. The number of carbonyl (C=O) groups excluding carboxylic acids is 2. The van der Waals surface area contributed by atoms with Crippen LogP contribution in [0, 0.1) is 0 Å². The number of carbonyl (C=O) groups is 2. The Hall–Kier alpha value is -3.80. The molecule has 1 saturated heterocycles. The summed E-state index contributed by atoms with van der Waals surface area (Å²) in [6.45, 7) is 13.7. The van der Waals surface area contributed by atoms with Gasteiger partial charge in [0.2, 0.25) is 0 Å². The van der Waals surface area contributed by atoms with Crippen LogP contribution in [0.25, 0.3) is 0 Å².